The lowest BCUT2D eigenvalue weighted by molar-refractivity contribution is 0.616. The second-order valence-electron chi connectivity index (χ2n) is 2.50. The van der Waals surface area contributed by atoms with Crippen molar-refractivity contribution in [2.45, 2.75) is 11.7 Å². The Morgan fingerprint density at radius 3 is 3.38 bits per heavy atom. The topological polar surface area (TPSA) is 12.0 Å². The lowest BCUT2D eigenvalue weighted by Crippen LogP contribution is -2.09. The molecule has 1 N–H and O–H groups in total. The minimum absolute atomic E-state index is 0.926. The summed E-state index contributed by atoms with van der Waals surface area (Å²) in [7, 11) is 0. The van der Waals surface area contributed by atoms with Crippen molar-refractivity contribution < 1.29 is 0 Å². The second kappa shape index (κ2) is 1.92. The van der Waals surface area contributed by atoms with Crippen LogP contribution in [0, 0.1) is 11.7 Å². The van der Waals surface area contributed by atoms with Crippen molar-refractivity contribution in [2.75, 3.05) is 13.1 Å². The zero-order valence-corrected chi connectivity index (χ0v) is 5.58. The van der Waals surface area contributed by atoms with E-state index in [9.17, 15) is 0 Å². The van der Waals surface area contributed by atoms with E-state index in [1.807, 2.05) is 11.8 Å². The quantitative estimate of drug-likeness (QED) is 0.519. The molecule has 2 rings (SSSR count). The van der Waals surface area contributed by atoms with Crippen molar-refractivity contribution in [1.29, 1.82) is 0 Å². The van der Waals surface area contributed by atoms with Crippen molar-refractivity contribution in [3.05, 3.63) is 5.75 Å². The molecule has 2 aliphatic heterocycles. The second-order valence-corrected chi connectivity index (χ2v) is 3.71. The molecule has 2 unspecified atom stereocenters. The molecule has 1 nitrogen and oxygen atoms in total. The summed E-state index contributed by atoms with van der Waals surface area (Å²) >= 11 is 2.03. The molecule has 0 spiro atoms. The molecule has 2 saturated heterocycles. The number of nitrogens with one attached hydrogen (secondary N) is 1. The molecule has 0 aromatic heterocycles. The molecule has 2 heterocycles. The average molecular weight is 128 g/mol. The molecule has 2 heteroatoms. The normalized spacial score (nSPS) is 45.0. The highest BCUT2D eigenvalue weighted by molar-refractivity contribution is 8.02. The Balaban J connectivity index is 2.04. The molecule has 2 aliphatic rings. The summed E-state index contributed by atoms with van der Waals surface area (Å²) in [5.41, 5.74) is 0. The van der Waals surface area contributed by atoms with Gasteiger partial charge in [0, 0.05) is 17.5 Å². The molecule has 1 radical (unpaired) electrons. The first-order chi connectivity index (χ1) is 3.97. The highest BCUT2D eigenvalue weighted by Gasteiger charge is 2.31. The summed E-state index contributed by atoms with van der Waals surface area (Å²) in [6, 6.07) is 0. The van der Waals surface area contributed by atoms with Crippen LogP contribution in [0.3, 0.4) is 0 Å². The van der Waals surface area contributed by atoms with Crippen LogP contribution in [0.1, 0.15) is 6.42 Å². The molecule has 0 bridgehead atoms. The Bertz CT molecular complexity index is 74.5. The Labute approximate surface area is 54.2 Å². The first kappa shape index (κ1) is 5.12. The van der Waals surface area contributed by atoms with Crippen molar-refractivity contribution in [2.24, 2.45) is 5.92 Å². The van der Waals surface area contributed by atoms with Gasteiger partial charge in [0.15, 0.2) is 0 Å². The van der Waals surface area contributed by atoms with Gasteiger partial charge in [0.25, 0.3) is 0 Å². The monoisotopic (exact) mass is 128 g/mol. The maximum Gasteiger partial charge on any atom is 0.0216 e. The molecule has 0 amide bonds. The molecule has 0 aromatic rings. The molecule has 0 aliphatic carbocycles. The predicted octanol–water partition coefficient (Wildman–Crippen LogP) is 0.873. The van der Waals surface area contributed by atoms with E-state index >= 15 is 0 Å². The van der Waals surface area contributed by atoms with Crippen LogP contribution in [-0.2, 0) is 0 Å². The van der Waals surface area contributed by atoms with E-state index in [0.29, 0.717) is 0 Å². The minimum Gasteiger partial charge on any atom is -0.315 e. The van der Waals surface area contributed by atoms with E-state index in [4.69, 9.17) is 0 Å². The average Bonchev–Trinajstić information content (AvgIpc) is 2.15. The SMILES string of the molecule is [CH]1CC2CNCC2S1. The molecular weight excluding hydrogens is 118 g/mol. The number of fused-ring (bicyclic) bond motifs is 1. The van der Waals surface area contributed by atoms with Gasteiger partial charge >= 0.3 is 0 Å². The fraction of sp³-hybridized carbons (Fsp3) is 0.833. The Hall–Kier alpha value is 0.310. The zero-order valence-electron chi connectivity index (χ0n) is 4.76. The Morgan fingerprint density at radius 2 is 2.50 bits per heavy atom. The summed E-state index contributed by atoms with van der Waals surface area (Å²) in [4.78, 5) is 0. The molecular formula is C6H10NS. The molecule has 2 fully saturated rings. The van der Waals surface area contributed by atoms with Crippen LogP contribution < -0.4 is 5.32 Å². The third-order valence-corrected chi connectivity index (χ3v) is 3.23. The van der Waals surface area contributed by atoms with Crippen LogP contribution in [0.2, 0.25) is 0 Å². The summed E-state index contributed by atoms with van der Waals surface area (Å²) < 4.78 is 0. The van der Waals surface area contributed by atoms with Crippen LogP contribution >= 0.6 is 11.8 Å². The Morgan fingerprint density at radius 1 is 1.50 bits per heavy atom. The van der Waals surface area contributed by atoms with Gasteiger partial charge in [0.05, 0.1) is 0 Å². The smallest absolute Gasteiger partial charge is 0.0216 e. The fourth-order valence-corrected chi connectivity index (χ4v) is 2.66. The summed E-state index contributed by atoms with van der Waals surface area (Å²) in [6.07, 6.45) is 1.34. The van der Waals surface area contributed by atoms with Gasteiger partial charge in [-0.1, -0.05) is 0 Å². The number of rotatable bonds is 0. The van der Waals surface area contributed by atoms with Gasteiger partial charge in [0.1, 0.15) is 0 Å². The lowest BCUT2D eigenvalue weighted by Gasteiger charge is -2.01. The van der Waals surface area contributed by atoms with Gasteiger partial charge in [-0.05, 0) is 18.9 Å². The van der Waals surface area contributed by atoms with Gasteiger partial charge in [-0.3, -0.25) is 0 Å². The van der Waals surface area contributed by atoms with E-state index in [-0.39, 0.29) is 0 Å². The third kappa shape index (κ3) is 0.669. The van der Waals surface area contributed by atoms with Gasteiger partial charge in [-0.15, -0.1) is 0 Å². The minimum atomic E-state index is 0.926. The van der Waals surface area contributed by atoms with Gasteiger partial charge < -0.3 is 5.32 Å². The molecule has 2 atom stereocenters. The van der Waals surface area contributed by atoms with Crippen LogP contribution in [-0.4, -0.2) is 18.3 Å². The number of hydrogen-bond donors (Lipinski definition) is 1. The number of thioether (sulfide) groups is 1. The molecule has 45 valence electrons. The molecule has 8 heavy (non-hydrogen) atoms. The highest BCUT2D eigenvalue weighted by Crippen LogP contribution is 2.37. The third-order valence-electron chi connectivity index (χ3n) is 1.95. The maximum absolute atomic E-state index is 3.38. The fourth-order valence-electron chi connectivity index (χ4n) is 1.41. The van der Waals surface area contributed by atoms with Gasteiger partial charge in [-0.25, -0.2) is 0 Å². The maximum atomic E-state index is 3.38. The van der Waals surface area contributed by atoms with E-state index < -0.39 is 0 Å². The van der Waals surface area contributed by atoms with Crippen LogP contribution in [0.25, 0.3) is 0 Å². The number of hydrogen-bond acceptors (Lipinski definition) is 2. The lowest BCUT2D eigenvalue weighted by atomic mass is 10.1. The van der Waals surface area contributed by atoms with Crippen LogP contribution in [0.4, 0.5) is 0 Å². The first-order valence-electron chi connectivity index (χ1n) is 3.14. The summed E-state index contributed by atoms with van der Waals surface area (Å²) in [6.45, 7) is 2.50. The summed E-state index contributed by atoms with van der Waals surface area (Å²) in [5.74, 6) is 3.33. The van der Waals surface area contributed by atoms with E-state index in [1.165, 1.54) is 19.5 Å². The van der Waals surface area contributed by atoms with Crippen molar-refractivity contribution in [3.8, 4) is 0 Å². The Kier molecular flexibility index (Phi) is 1.23. The largest absolute Gasteiger partial charge is 0.315 e. The van der Waals surface area contributed by atoms with Crippen LogP contribution in [0.5, 0.6) is 0 Å². The van der Waals surface area contributed by atoms with Crippen molar-refractivity contribution in [3.63, 3.8) is 0 Å². The first-order valence-corrected chi connectivity index (χ1v) is 4.09. The predicted molar refractivity (Wildman–Crippen MR) is 36.7 cm³/mol. The molecule has 0 saturated carbocycles. The summed E-state index contributed by atoms with van der Waals surface area (Å²) in [5, 5.41) is 4.31. The standard InChI is InChI=1S/C6H10NS/c1-2-8-6-4-7-3-5(1)6/h2,5-7H,1,3-4H2. The zero-order chi connectivity index (χ0) is 5.40. The van der Waals surface area contributed by atoms with E-state index in [2.05, 4.69) is 11.1 Å². The van der Waals surface area contributed by atoms with E-state index in [1.54, 1.807) is 0 Å². The van der Waals surface area contributed by atoms with E-state index in [0.717, 1.165) is 11.2 Å². The van der Waals surface area contributed by atoms with Gasteiger partial charge in [0.2, 0.25) is 0 Å². The molecule has 0 aromatic carbocycles. The van der Waals surface area contributed by atoms with Crippen LogP contribution in [0.15, 0.2) is 0 Å². The van der Waals surface area contributed by atoms with Crippen molar-refractivity contribution >= 4 is 11.8 Å². The highest BCUT2D eigenvalue weighted by atomic mass is 32.2. The van der Waals surface area contributed by atoms with Crippen molar-refractivity contribution in [1.82, 2.24) is 5.32 Å². The van der Waals surface area contributed by atoms with Gasteiger partial charge in [-0.2, -0.15) is 11.8 Å².